The zero-order valence-corrected chi connectivity index (χ0v) is 8.08. The molecule has 0 saturated heterocycles. The Balaban J connectivity index is 2.27. The van der Waals surface area contributed by atoms with Gasteiger partial charge in [-0.05, 0) is 6.07 Å². The number of carbonyl (C=O) groups is 1. The molecule has 0 aromatic heterocycles. The summed E-state index contributed by atoms with van der Waals surface area (Å²) >= 11 is 0. The first-order valence-electron chi connectivity index (χ1n) is 4.95. The summed E-state index contributed by atoms with van der Waals surface area (Å²) < 4.78 is 10.9. The van der Waals surface area contributed by atoms with Crippen LogP contribution in [0.5, 0.6) is 11.5 Å². The van der Waals surface area contributed by atoms with Crippen LogP contribution >= 0.6 is 0 Å². The predicted octanol–water partition coefficient (Wildman–Crippen LogP) is 1.25. The molecule has 4 heteroatoms. The molecule has 2 aliphatic rings. The van der Waals surface area contributed by atoms with Gasteiger partial charge in [0.15, 0.2) is 11.5 Å². The van der Waals surface area contributed by atoms with E-state index in [0.717, 1.165) is 23.3 Å². The lowest BCUT2D eigenvalue weighted by atomic mass is 10.0. The van der Waals surface area contributed by atoms with E-state index in [2.05, 4.69) is 0 Å². The summed E-state index contributed by atoms with van der Waals surface area (Å²) in [4.78, 5) is 11.1. The Morgan fingerprint density at radius 1 is 1.20 bits per heavy atom. The van der Waals surface area contributed by atoms with Crippen molar-refractivity contribution in [3.05, 3.63) is 22.8 Å². The van der Waals surface area contributed by atoms with Gasteiger partial charge in [0.25, 0.3) is 0 Å². The fourth-order valence-corrected chi connectivity index (χ4v) is 2.19. The molecule has 3 rings (SSSR count). The molecular weight excluding hydrogens is 196 g/mol. The smallest absolute Gasteiger partial charge is 0.336 e. The third kappa shape index (κ3) is 1.11. The lowest BCUT2D eigenvalue weighted by Crippen LogP contribution is -2.01. The van der Waals surface area contributed by atoms with Crippen molar-refractivity contribution in [1.82, 2.24) is 0 Å². The molecule has 1 aromatic carbocycles. The van der Waals surface area contributed by atoms with Gasteiger partial charge in [-0.3, -0.25) is 0 Å². The Kier molecular flexibility index (Phi) is 1.65. The van der Waals surface area contributed by atoms with Crippen molar-refractivity contribution in [1.29, 1.82) is 0 Å². The minimum absolute atomic E-state index is 0.367. The van der Waals surface area contributed by atoms with Crippen LogP contribution in [-0.4, -0.2) is 24.3 Å². The maximum Gasteiger partial charge on any atom is 0.336 e. The largest absolute Gasteiger partial charge is 0.489 e. The fourth-order valence-electron chi connectivity index (χ4n) is 2.19. The maximum absolute atomic E-state index is 11.1. The standard InChI is InChI=1S/C11H10O4/c12-11(13)8-5-6-1-3-14-9(6)10-7(8)2-4-15-10/h5H,1-4H2,(H,12,13). The van der Waals surface area contributed by atoms with Gasteiger partial charge in [0.05, 0.1) is 18.8 Å². The van der Waals surface area contributed by atoms with Gasteiger partial charge in [0, 0.05) is 24.0 Å². The van der Waals surface area contributed by atoms with Crippen LogP contribution in [0.15, 0.2) is 6.07 Å². The molecule has 0 radical (unpaired) electrons. The van der Waals surface area contributed by atoms with Gasteiger partial charge in [-0.2, -0.15) is 0 Å². The summed E-state index contributed by atoms with van der Waals surface area (Å²) in [7, 11) is 0. The third-order valence-corrected chi connectivity index (χ3v) is 2.86. The zero-order valence-electron chi connectivity index (χ0n) is 8.08. The van der Waals surface area contributed by atoms with Gasteiger partial charge in [-0.1, -0.05) is 0 Å². The third-order valence-electron chi connectivity index (χ3n) is 2.86. The number of carboxylic acids is 1. The molecule has 0 spiro atoms. The average molecular weight is 206 g/mol. The van der Waals surface area contributed by atoms with Gasteiger partial charge in [-0.25, -0.2) is 4.79 Å². The van der Waals surface area contributed by atoms with Crippen molar-refractivity contribution >= 4 is 5.97 Å². The highest BCUT2D eigenvalue weighted by Gasteiger charge is 2.29. The number of fused-ring (bicyclic) bond motifs is 3. The van der Waals surface area contributed by atoms with Crippen LogP contribution in [0.1, 0.15) is 21.5 Å². The molecule has 0 bridgehead atoms. The second-order valence-electron chi connectivity index (χ2n) is 3.72. The van der Waals surface area contributed by atoms with E-state index in [0.29, 0.717) is 30.9 Å². The van der Waals surface area contributed by atoms with Gasteiger partial charge in [0.1, 0.15) is 0 Å². The van der Waals surface area contributed by atoms with Gasteiger partial charge < -0.3 is 14.6 Å². The van der Waals surface area contributed by atoms with E-state index in [9.17, 15) is 4.79 Å². The maximum atomic E-state index is 11.1. The Labute approximate surface area is 86.4 Å². The van der Waals surface area contributed by atoms with Crippen molar-refractivity contribution in [3.8, 4) is 11.5 Å². The fraction of sp³-hybridized carbons (Fsp3) is 0.364. The summed E-state index contributed by atoms with van der Waals surface area (Å²) in [6, 6.07) is 1.72. The summed E-state index contributed by atoms with van der Waals surface area (Å²) in [5.74, 6) is 0.529. The number of hydrogen-bond acceptors (Lipinski definition) is 3. The van der Waals surface area contributed by atoms with Crippen LogP contribution in [0.25, 0.3) is 0 Å². The van der Waals surface area contributed by atoms with Gasteiger partial charge in [0.2, 0.25) is 0 Å². The number of ether oxygens (including phenoxy) is 2. The molecule has 0 aliphatic carbocycles. The van der Waals surface area contributed by atoms with Crippen molar-refractivity contribution in [2.24, 2.45) is 0 Å². The number of benzene rings is 1. The normalized spacial score (nSPS) is 16.5. The predicted molar refractivity (Wildman–Crippen MR) is 51.8 cm³/mol. The van der Waals surface area contributed by atoms with Crippen molar-refractivity contribution < 1.29 is 19.4 Å². The van der Waals surface area contributed by atoms with E-state index in [1.165, 1.54) is 0 Å². The number of aromatic carboxylic acids is 1. The minimum atomic E-state index is -0.883. The van der Waals surface area contributed by atoms with E-state index in [4.69, 9.17) is 14.6 Å². The molecule has 4 nitrogen and oxygen atoms in total. The molecule has 2 aliphatic heterocycles. The number of hydrogen-bond donors (Lipinski definition) is 1. The quantitative estimate of drug-likeness (QED) is 0.751. The molecule has 1 N–H and O–H groups in total. The number of carboxylic acid groups (broad SMARTS) is 1. The summed E-state index contributed by atoms with van der Waals surface area (Å²) in [5, 5.41) is 9.08. The number of rotatable bonds is 1. The molecule has 78 valence electrons. The van der Waals surface area contributed by atoms with E-state index < -0.39 is 5.97 Å². The average Bonchev–Trinajstić information content (AvgIpc) is 2.83. The first-order valence-corrected chi connectivity index (χ1v) is 4.95. The Hall–Kier alpha value is -1.71. The molecule has 1 aromatic rings. The van der Waals surface area contributed by atoms with Gasteiger partial charge >= 0.3 is 5.97 Å². The van der Waals surface area contributed by atoms with Crippen LogP contribution < -0.4 is 9.47 Å². The van der Waals surface area contributed by atoms with E-state index in [1.54, 1.807) is 6.07 Å². The molecule has 15 heavy (non-hydrogen) atoms. The van der Waals surface area contributed by atoms with Crippen molar-refractivity contribution in [2.45, 2.75) is 12.8 Å². The molecule has 0 amide bonds. The summed E-state index contributed by atoms with van der Waals surface area (Å²) in [6.07, 6.45) is 1.43. The van der Waals surface area contributed by atoms with Gasteiger partial charge in [-0.15, -0.1) is 0 Å². The van der Waals surface area contributed by atoms with Crippen molar-refractivity contribution in [3.63, 3.8) is 0 Å². The molecule has 0 atom stereocenters. The summed E-state index contributed by atoms with van der Waals surface area (Å²) in [5.41, 5.74) is 2.10. The SMILES string of the molecule is O=C(O)c1cc2c(c3c1CCO3)OCC2. The van der Waals surface area contributed by atoms with Crippen LogP contribution in [0.4, 0.5) is 0 Å². The molecule has 0 saturated carbocycles. The topological polar surface area (TPSA) is 55.8 Å². The highest BCUT2D eigenvalue weighted by molar-refractivity contribution is 5.91. The molecule has 2 heterocycles. The Morgan fingerprint density at radius 2 is 1.93 bits per heavy atom. The zero-order chi connectivity index (χ0) is 10.4. The van der Waals surface area contributed by atoms with Crippen molar-refractivity contribution in [2.75, 3.05) is 13.2 Å². The minimum Gasteiger partial charge on any atom is -0.489 e. The summed E-state index contributed by atoms with van der Waals surface area (Å²) in [6.45, 7) is 1.17. The van der Waals surface area contributed by atoms with E-state index in [1.807, 2.05) is 0 Å². The van der Waals surface area contributed by atoms with Crippen LogP contribution in [0.3, 0.4) is 0 Å². The van der Waals surface area contributed by atoms with Crippen LogP contribution in [0, 0.1) is 0 Å². The highest BCUT2D eigenvalue weighted by atomic mass is 16.5. The highest BCUT2D eigenvalue weighted by Crippen LogP contribution is 2.43. The molecule has 0 unspecified atom stereocenters. The van der Waals surface area contributed by atoms with E-state index in [-0.39, 0.29) is 0 Å². The monoisotopic (exact) mass is 206 g/mol. The van der Waals surface area contributed by atoms with Crippen LogP contribution in [0.2, 0.25) is 0 Å². The first-order chi connectivity index (χ1) is 7.27. The first kappa shape index (κ1) is 8.59. The van der Waals surface area contributed by atoms with Crippen LogP contribution in [-0.2, 0) is 12.8 Å². The molecule has 0 fully saturated rings. The lowest BCUT2D eigenvalue weighted by Gasteiger charge is -2.08. The Morgan fingerprint density at radius 3 is 2.73 bits per heavy atom. The second kappa shape index (κ2) is 2.89. The Bertz CT molecular complexity index is 450. The lowest BCUT2D eigenvalue weighted by molar-refractivity contribution is 0.0695. The molecular formula is C11H10O4. The second-order valence-corrected chi connectivity index (χ2v) is 3.72. The van der Waals surface area contributed by atoms with E-state index >= 15 is 0 Å².